The van der Waals surface area contributed by atoms with Gasteiger partial charge in [-0.15, -0.1) is 0 Å². The molecule has 2 aliphatic rings. The van der Waals surface area contributed by atoms with Gasteiger partial charge in [0.1, 0.15) is 24.4 Å². The molecule has 2 aliphatic heterocycles. The van der Waals surface area contributed by atoms with E-state index in [1.807, 2.05) is 13.8 Å². The number of carbonyl (C=O) groups excluding carboxylic acids is 2. The van der Waals surface area contributed by atoms with Crippen LogP contribution in [-0.4, -0.2) is 86.1 Å². The highest BCUT2D eigenvalue weighted by Gasteiger charge is 2.59. The van der Waals surface area contributed by atoms with Crippen molar-refractivity contribution in [1.29, 1.82) is 0 Å². The summed E-state index contributed by atoms with van der Waals surface area (Å²) in [5.41, 5.74) is 9.21. The highest BCUT2D eigenvalue weighted by atomic mass is 28.4. The van der Waals surface area contributed by atoms with E-state index in [1.54, 1.807) is 20.8 Å². The van der Waals surface area contributed by atoms with E-state index >= 15 is 0 Å². The van der Waals surface area contributed by atoms with Gasteiger partial charge < -0.3 is 38.4 Å². The summed E-state index contributed by atoms with van der Waals surface area (Å²) in [6, 6.07) is 0. The number of nitrogens with zero attached hydrogens (tertiary/aromatic N) is 2. The third-order valence-corrected chi connectivity index (χ3v) is 11.0. The van der Waals surface area contributed by atoms with Crippen molar-refractivity contribution < 1.29 is 47.2 Å². The van der Waals surface area contributed by atoms with Crippen LogP contribution in [0, 0.1) is 0 Å². The molecule has 206 valence electrons. The minimum Gasteiger partial charge on any atom is -0.457 e. The largest absolute Gasteiger partial charge is 0.457 e. The number of hydrogen-bond donors (Lipinski definition) is 0. The lowest BCUT2D eigenvalue weighted by molar-refractivity contribution is -0.177. The molecule has 0 amide bonds. The molecule has 0 radical (unpaired) electrons. The van der Waals surface area contributed by atoms with Crippen LogP contribution in [0.25, 0.3) is 5.53 Å². The predicted octanol–water partition coefficient (Wildman–Crippen LogP) is 3.21. The van der Waals surface area contributed by atoms with Gasteiger partial charge in [0, 0.05) is 6.92 Å². The van der Waals surface area contributed by atoms with Gasteiger partial charge in [0.2, 0.25) is 6.10 Å². The van der Waals surface area contributed by atoms with E-state index in [2.05, 4.69) is 38.7 Å². The monoisotopic (exact) mass is 530 g/mol. The van der Waals surface area contributed by atoms with E-state index in [-0.39, 0.29) is 18.3 Å². The van der Waals surface area contributed by atoms with E-state index in [9.17, 15) is 15.1 Å². The molecule has 0 bridgehead atoms. The molecule has 0 saturated carbocycles. The highest BCUT2D eigenvalue weighted by Crippen LogP contribution is 2.43. The Labute approximate surface area is 214 Å². The average molecular weight is 531 g/mol. The van der Waals surface area contributed by atoms with Gasteiger partial charge in [0.15, 0.2) is 19.9 Å². The van der Waals surface area contributed by atoms with Crippen molar-refractivity contribution in [3.8, 4) is 0 Å². The summed E-state index contributed by atoms with van der Waals surface area (Å²) in [4.78, 5) is 27.8. The second kappa shape index (κ2) is 11.0. The second-order valence-electron chi connectivity index (χ2n) is 11.5. The smallest absolute Gasteiger partial charge is 0.421 e. The zero-order valence-electron chi connectivity index (χ0n) is 23.4. The van der Waals surface area contributed by atoms with E-state index in [0.29, 0.717) is 0 Å². The van der Waals surface area contributed by atoms with Crippen LogP contribution in [0.3, 0.4) is 0 Å². The Balaban J connectivity index is 2.60. The third-order valence-electron chi connectivity index (χ3n) is 6.57. The molecule has 0 aromatic carbocycles. The molecule has 11 nitrogen and oxygen atoms in total. The molecule has 36 heavy (non-hydrogen) atoms. The fourth-order valence-electron chi connectivity index (χ4n) is 3.93. The van der Waals surface area contributed by atoms with E-state index in [0.717, 1.165) is 0 Å². The van der Waals surface area contributed by atoms with Crippen LogP contribution in [0.2, 0.25) is 18.1 Å². The lowest BCUT2D eigenvalue weighted by Crippen LogP contribution is -2.57. The Hall–Kier alpha value is -1.66. The topological polar surface area (TPSA) is 135 Å². The summed E-state index contributed by atoms with van der Waals surface area (Å²) in [7, 11) is -2.41. The summed E-state index contributed by atoms with van der Waals surface area (Å²) < 4.78 is 41.9. The number of rotatable bonds is 9. The fraction of sp³-hybridized carbons (Fsp3) is 0.875. The molecule has 2 saturated heterocycles. The number of ether oxygens (including phenoxy) is 6. The van der Waals surface area contributed by atoms with Crippen molar-refractivity contribution in [2.45, 2.75) is 123 Å². The Kier molecular flexibility index (Phi) is 9.32. The maximum Gasteiger partial charge on any atom is 0.421 e. The van der Waals surface area contributed by atoms with Crippen LogP contribution < -0.4 is 0 Å². The quantitative estimate of drug-likeness (QED) is 0.145. The van der Waals surface area contributed by atoms with E-state index in [4.69, 9.17) is 32.8 Å². The molecule has 2 rings (SSSR count). The van der Waals surface area contributed by atoms with Crippen LogP contribution in [0.1, 0.15) is 62.3 Å². The van der Waals surface area contributed by atoms with Crippen LogP contribution >= 0.6 is 0 Å². The van der Waals surface area contributed by atoms with Gasteiger partial charge in [-0.2, -0.15) is 4.79 Å². The normalized spacial score (nSPS) is 27.1. The van der Waals surface area contributed by atoms with Gasteiger partial charge >= 0.3 is 17.7 Å². The summed E-state index contributed by atoms with van der Waals surface area (Å²) >= 11 is 0. The van der Waals surface area contributed by atoms with Gasteiger partial charge in [-0.1, -0.05) is 20.8 Å². The molecule has 0 spiro atoms. The first-order valence-electron chi connectivity index (χ1n) is 12.3. The van der Waals surface area contributed by atoms with E-state index in [1.165, 1.54) is 6.92 Å². The first kappa shape index (κ1) is 30.6. The Morgan fingerprint density at radius 3 is 2.11 bits per heavy atom. The first-order valence-corrected chi connectivity index (χ1v) is 15.2. The fourth-order valence-corrected chi connectivity index (χ4v) is 5.25. The summed E-state index contributed by atoms with van der Waals surface area (Å²) in [5, 5.41) is -0.150. The number of carbonyl (C=O) groups is 2. The van der Waals surface area contributed by atoms with Gasteiger partial charge in [-0.25, -0.2) is 4.79 Å². The van der Waals surface area contributed by atoms with Crippen molar-refractivity contribution >= 4 is 26.0 Å². The Morgan fingerprint density at radius 1 is 1.08 bits per heavy atom. The molecular weight excluding hydrogens is 488 g/mol. The molecule has 1 unspecified atom stereocenters. The van der Waals surface area contributed by atoms with Crippen LogP contribution in [-0.2, 0) is 42.4 Å². The Morgan fingerprint density at radius 2 is 1.67 bits per heavy atom. The molecule has 12 heteroatoms. The molecule has 0 aromatic rings. The predicted molar refractivity (Wildman–Crippen MR) is 132 cm³/mol. The molecule has 2 fully saturated rings. The molecule has 0 aliphatic carbocycles. The van der Waals surface area contributed by atoms with Crippen LogP contribution in [0.5, 0.6) is 0 Å². The van der Waals surface area contributed by atoms with Gasteiger partial charge in [-0.3, -0.25) is 4.79 Å². The first-order chi connectivity index (χ1) is 16.3. The molecular formula is C24H42N2O9Si. The maximum atomic E-state index is 12.6. The van der Waals surface area contributed by atoms with Crippen molar-refractivity contribution in [2.75, 3.05) is 13.2 Å². The maximum absolute atomic E-state index is 12.6. The lowest BCUT2D eigenvalue weighted by Gasteiger charge is -2.42. The number of esters is 2. The van der Waals surface area contributed by atoms with Crippen LogP contribution in [0.4, 0.5) is 0 Å². The minimum absolute atomic E-state index is 0.0288. The summed E-state index contributed by atoms with van der Waals surface area (Å²) in [6.07, 6.45) is -4.67. The summed E-state index contributed by atoms with van der Waals surface area (Å²) in [5.74, 6) is -3.64. The molecule has 5 atom stereocenters. The summed E-state index contributed by atoms with van der Waals surface area (Å²) in [6.45, 7) is 20.6. The van der Waals surface area contributed by atoms with Crippen LogP contribution in [0.15, 0.2) is 0 Å². The highest BCUT2D eigenvalue weighted by molar-refractivity contribution is 6.74. The Bertz CT molecular complexity index is 877. The van der Waals surface area contributed by atoms with Crippen molar-refractivity contribution in [1.82, 2.24) is 0 Å². The van der Waals surface area contributed by atoms with Crippen molar-refractivity contribution in [2.24, 2.45) is 0 Å². The second-order valence-corrected chi connectivity index (χ2v) is 16.3. The standard InChI is InChI=1S/C24H42N2O9Si/c1-12-29-21(28)16(26-25)18(31-14(2)27)20-19(33-24(8,9)34-20)17(15-13-30-23(6,7)32-15)35-36(10,11)22(3,4)5/h15,17-20H,12-13H2,1-11H3/t15-,17-,18?,19+,20-/m1/s1. The SMILES string of the molecule is CCOC(=O)C(=[N+]=[N-])C(OC(C)=O)[C@H]1OC(C)(C)O[C@H]1[C@H](O[Si](C)(C)C(C)(C)C)[C@H]1COC(C)(C)O1. The molecule has 2 heterocycles. The van der Waals surface area contributed by atoms with E-state index < -0.39 is 68.1 Å². The van der Waals surface area contributed by atoms with Gasteiger partial charge in [-0.05, 0) is 52.8 Å². The minimum atomic E-state index is -2.41. The van der Waals surface area contributed by atoms with Gasteiger partial charge in [0.25, 0.3) is 0 Å². The third kappa shape index (κ3) is 7.22. The zero-order chi connectivity index (χ0) is 27.7. The van der Waals surface area contributed by atoms with Crippen molar-refractivity contribution in [3.63, 3.8) is 0 Å². The lowest BCUT2D eigenvalue weighted by atomic mass is 9.96. The zero-order valence-corrected chi connectivity index (χ0v) is 24.4. The molecule has 0 N–H and O–H groups in total. The van der Waals surface area contributed by atoms with Crippen molar-refractivity contribution in [3.05, 3.63) is 5.53 Å². The number of hydrogen-bond acceptors (Lipinski definition) is 9. The van der Waals surface area contributed by atoms with Gasteiger partial charge in [0.05, 0.1) is 13.2 Å². The molecule has 0 aromatic heterocycles. The average Bonchev–Trinajstić information content (AvgIpc) is 3.23.